The van der Waals surface area contributed by atoms with E-state index in [1.165, 1.54) is 12.1 Å². The highest BCUT2D eigenvalue weighted by Crippen LogP contribution is 2.19. The van der Waals surface area contributed by atoms with E-state index < -0.39 is 9.84 Å². The average molecular weight is 385 g/mol. The zero-order valence-electron chi connectivity index (χ0n) is 15.0. The van der Waals surface area contributed by atoms with E-state index in [1.54, 1.807) is 12.1 Å². The molecule has 1 heterocycles. The van der Waals surface area contributed by atoms with Gasteiger partial charge in [0.1, 0.15) is 0 Å². The van der Waals surface area contributed by atoms with Crippen LogP contribution in [-0.2, 0) is 21.1 Å². The van der Waals surface area contributed by atoms with Crippen molar-refractivity contribution in [1.29, 1.82) is 0 Å². The summed E-state index contributed by atoms with van der Waals surface area (Å²) in [6, 6.07) is 13.7. The molecule has 0 saturated carbocycles. The largest absolute Gasteiger partial charge is 0.421 e. The van der Waals surface area contributed by atoms with Crippen LogP contribution in [0, 0.1) is 6.92 Å². The lowest BCUT2D eigenvalue weighted by Gasteiger charge is -2.05. The van der Waals surface area contributed by atoms with Crippen LogP contribution in [0.15, 0.2) is 57.8 Å². The number of carbonyl (C=O) groups excluding carboxylic acids is 1. The second-order valence-corrected chi connectivity index (χ2v) is 8.23. The number of hydrogen-bond acceptors (Lipinski definition) is 6. The standard InChI is InChI=1S/C19H19N3O4S/c1-13-3-5-14(6-4-13)19-22-21-18(26-19)12-11-17(23)20-15-7-9-16(10-8-15)27(2,24)25/h3-10H,11-12H2,1-2H3,(H,20,23). The van der Waals surface area contributed by atoms with E-state index in [9.17, 15) is 13.2 Å². The normalized spacial score (nSPS) is 11.3. The molecule has 0 saturated heterocycles. The minimum Gasteiger partial charge on any atom is -0.421 e. The van der Waals surface area contributed by atoms with Gasteiger partial charge in [0, 0.05) is 30.3 Å². The van der Waals surface area contributed by atoms with E-state index in [0.717, 1.165) is 17.4 Å². The van der Waals surface area contributed by atoms with Crippen LogP contribution in [0.3, 0.4) is 0 Å². The highest BCUT2D eigenvalue weighted by atomic mass is 32.2. The van der Waals surface area contributed by atoms with Crippen LogP contribution in [0.25, 0.3) is 11.5 Å². The van der Waals surface area contributed by atoms with Crippen molar-refractivity contribution in [3.05, 3.63) is 60.0 Å². The maximum absolute atomic E-state index is 12.1. The molecule has 0 fully saturated rings. The number of anilines is 1. The SMILES string of the molecule is Cc1ccc(-c2nnc(CCC(=O)Nc3ccc(S(C)(=O)=O)cc3)o2)cc1. The second-order valence-electron chi connectivity index (χ2n) is 6.21. The molecule has 140 valence electrons. The first-order chi connectivity index (χ1) is 12.8. The number of carbonyl (C=O) groups is 1. The molecule has 3 rings (SSSR count). The number of nitrogens with zero attached hydrogens (tertiary/aromatic N) is 2. The Labute approximate surface area is 157 Å². The summed E-state index contributed by atoms with van der Waals surface area (Å²) in [5.41, 5.74) is 2.49. The quantitative estimate of drug-likeness (QED) is 0.700. The lowest BCUT2D eigenvalue weighted by atomic mass is 10.1. The Morgan fingerprint density at radius 3 is 2.33 bits per heavy atom. The van der Waals surface area contributed by atoms with Crippen LogP contribution in [-0.4, -0.2) is 30.8 Å². The Balaban J connectivity index is 1.56. The van der Waals surface area contributed by atoms with Crippen LogP contribution < -0.4 is 5.32 Å². The molecule has 0 aliphatic rings. The third-order valence-corrected chi connectivity index (χ3v) is 5.03. The van der Waals surface area contributed by atoms with Gasteiger partial charge in [-0.3, -0.25) is 4.79 Å². The molecule has 0 spiro atoms. The van der Waals surface area contributed by atoms with Gasteiger partial charge in [-0.2, -0.15) is 0 Å². The maximum Gasteiger partial charge on any atom is 0.247 e. The average Bonchev–Trinajstić information content (AvgIpc) is 3.09. The topological polar surface area (TPSA) is 102 Å². The highest BCUT2D eigenvalue weighted by Gasteiger charge is 2.11. The summed E-state index contributed by atoms with van der Waals surface area (Å²) in [5.74, 6) is 0.576. The van der Waals surface area contributed by atoms with Gasteiger partial charge in [0.25, 0.3) is 0 Å². The van der Waals surface area contributed by atoms with Crippen molar-refractivity contribution in [2.75, 3.05) is 11.6 Å². The highest BCUT2D eigenvalue weighted by molar-refractivity contribution is 7.90. The number of benzene rings is 2. The predicted molar refractivity (Wildman–Crippen MR) is 101 cm³/mol. The smallest absolute Gasteiger partial charge is 0.247 e. The van der Waals surface area contributed by atoms with Crippen molar-refractivity contribution >= 4 is 21.4 Å². The summed E-state index contributed by atoms with van der Waals surface area (Å²) in [5, 5.41) is 10.7. The van der Waals surface area contributed by atoms with Gasteiger partial charge in [-0.05, 0) is 43.3 Å². The Morgan fingerprint density at radius 2 is 1.70 bits per heavy atom. The fraction of sp³-hybridized carbons (Fsp3) is 0.211. The molecular weight excluding hydrogens is 366 g/mol. The Morgan fingerprint density at radius 1 is 1.04 bits per heavy atom. The molecule has 0 unspecified atom stereocenters. The minimum atomic E-state index is -3.26. The van der Waals surface area contributed by atoms with Crippen LogP contribution in [0.4, 0.5) is 5.69 Å². The summed E-state index contributed by atoms with van der Waals surface area (Å²) >= 11 is 0. The zero-order valence-corrected chi connectivity index (χ0v) is 15.8. The van der Waals surface area contributed by atoms with E-state index in [2.05, 4.69) is 15.5 Å². The second kappa shape index (κ2) is 7.71. The molecule has 0 bridgehead atoms. The Kier molecular flexibility index (Phi) is 5.36. The number of nitrogens with one attached hydrogen (secondary N) is 1. The molecule has 0 radical (unpaired) electrons. The summed E-state index contributed by atoms with van der Waals surface area (Å²) < 4.78 is 28.5. The molecule has 0 aliphatic carbocycles. The lowest BCUT2D eigenvalue weighted by molar-refractivity contribution is -0.116. The molecule has 1 amide bonds. The van der Waals surface area contributed by atoms with E-state index >= 15 is 0 Å². The monoisotopic (exact) mass is 385 g/mol. The van der Waals surface area contributed by atoms with E-state index in [1.807, 2.05) is 31.2 Å². The number of aromatic nitrogens is 2. The van der Waals surface area contributed by atoms with Crippen molar-refractivity contribution in [2.45, 2.75) is 24.7 Å². The molecule has 2 aromatic carbocycles. The van der Waals surface area contributed by atoms with Crippen LogP contribution in [0.1, 0.15) is 17.9 Å². The van der Waals surface area contributed by atoms with Gasteiger partial charge >= 0.3 is 0 Å². The molecule has 0 aliphatic heterocycles. The van der Waals surface area contributed by atoms with Gasteiger partial charge in [-0.25, -0.2) is 8.42 Å². The summed E-state index contributed by atoms with van der Waals surface area (Å²) in [7, 11) is -3.26. The molecular formula is C19H19N3O4S. The number of amides is 1. The number of hydrogen-bond donors (Lipinski definition) is 1. The molecule has 8 heteroatoms. The van der Waals surface area contributed by atoms with E-state index in [-0.39, 0.29) is 17.2 Å². The van der Waals surface area contributed by atoms with Crippen molar-refractivity contribution in [3.8, 4) is 11.5 Å². The molecule has 1 aromatic heterocycles. The molecule has 27 heavy (non-hydrogen) atoms. The van der Waals surface area contributed by atoms with Gasteiger partial charge in [0.15, 0.2) is 9.84 Å². The fourth-order valence-electron chi connectivity index (χ4n) is 2.40. The lowest BCUT2D eigenvalue weighted by Crippen LogP contribution is -2.12. The van der Waals surface area contributed by atoms with Gasteiger partial charge in [-0.1, -0.05) is 17.7 Å². The Hall–Kier alpha value is -3.00. The van der Waals surface area contributed by atoms with Crippen molar-refractivity contribution in [2.24, 2.45) is 0 Å². The van der Waals surface area contributed by atoms with Crippen LogP contribution in [0.2, 0.25) is 0 Å². The van der Waals surface area contributed by atoms with Crippen molar-refractivity contribution in [1.82, 2.24) is 10.2 Å². The zero-order chi connectivity index (χ0) is 19.4. The third kappa shape index (κ3) is 5.01. The van der Waals surface area contributed by atoms with Crippen molar-refractivity contribution < 1.29 is 17.6 Å². The number of rotatable bonds is 6. The minimum absolute atomic E-state index is 0.170. The molecule has 0 atom stereocenters. The van der Waals surface area contributed by atoms with Crippen molar-refractivity contribution in [3.63, 3.8) is 0 Å². The van der Waals surface area contributed by atoms with Crippen LogP contribution in [0.5, 0.6) is 0 Å². The van der Waals surface area contributed by atoms with Gasteiger partial charge in [-0.15, -0.1) is 10.2 Å². The maximum atomic E-state index is 12.1. The first-order valence-electron chi connectivity index (χ1n) is 8.31. The van der Waals surface area contributed by atoms with Gasteiger partial charge in [0.2, 0.25) is 17.7 Å². The Bertz CT molecular complexity index is 1040. The molecule has 3 aromatic rings. The first-order valence-corrected chi connectivity index (χ1v) is 10.2. The molecule has 1 N–H and O–H groups in total. The number of sulfone groups is 1. The first kappa shape index (κ1) is 18.8. The third-order valence-electron chi connectivity index (χ3n) is 3.90. The van der Waals surface area contributed by atoms with Crippen LogP contribution >= 0.6 is 0 Å². The fourth-order valence-corrected chi connectivity index (χ4v) is 3.03. The summed E-state index contributed by atoms with van der Waals surface area (Å²) in [4.78, 5) is 12.3. The van der Waals surface area contributed by atoms with Gasteiger partial charge < -0.3 is 9.73 Å². The van der Waals surface area contributed by atoms with Gasteiger partial charge in [0.05, 0.1) is 4.90 Å². The summed E-state index contributed by atoms with van der Waals surface area (Å²) in [6.45, 7) is 2.00. The number of aryl methyl sites for hydroxylation is 2. The predicted octanol–water partition coefficient (Wildman–Crippen LogP) is 3.02. The summed E-state index contributed by atoms with van der Waals surface area (Å²) in [6.07, 6.45) is 1.62. The molecule has 7 nitrogen and oxygen atoms in total. The van der Waals surface area contributed by atoms with E-state index in [0.29, 0.717) is 23.9 Å². The van der Waals surface area contributed by atoms with E-state index in [4.69, 9.17) is 4.42 Å².